The molecular weight excluding hydrogens is 202 g/mol. The highest BCUT2D eigenvalue weighted by atomic mass is 16.1. The summed E-state index contributed by atoms with van der Waals surface area (Å²) in [5.41, 5.74) is 1.04. The Morgan fingerprint density at radius 2 is 2.31 bits per heavy atom. The van der Waals surface area contributed by atoms with Crippen molar-refractivity contribution in [2.24, 2.45) is 0 Å². The minimum atomic E-state index is -0.627. The quantitative estimate of drug-likeness (QED) is 0.780. The number of H-pyrrole nitrogens is 1. The summed E-state index contributed by atoms with van der Waals surface area (Å²) in [5, 5.41) is 10.2. The van der Waals surface area contributed by atoms with Crippen molar-refractivity contribution >= 4 is 16.8 Å². The predicted molar refractivity (Wildman–Crippen MR) is 57.6 cm³/mol. The van der Waals surface area contributed by atoms with Crippen molar-refractivity contribution in [2.45, 2.75) is 18.3 Å². The number of ketones is 1. The Labute approximate surface area is 91.9 Å². The number of fused-ring (bicyclic) bond motifs is 1. The van der Waals surface area contributed by atoms with Gasteiger partial charge in [-0.15, -0.1) is 0 Å². The lowest BCUT2D eigenvalue weighted by molar-refractivity contribution is -0.126. The number of hydrogen-bond acceptors (Lipinski definition) is 3. The Balaban J connectivity index is 2.20. The van der Waals surface area contributed by atoms with Gasteiger partial charge in [-0.25, -0.2) is 4.98 Å². The smallest absolute Gasteiger partial charge is 0.137 e. The Kier molecular flexibility index (Phi) is 1.66. The van der Waals surface area contributed by atoms with E-state index in [1.807, 2.05) is 12.1 Å². The molecule has 1 aliphatic carbocycles. The number of pyridine rings is 1. The average Bonchev–Trinajstić information content (AvgIpc) is 2.68. The second-order valence-corrected chi connectivity index (χ2v) is 4.19. The summed E-state index contributed by atoms with van der Waals surface area (Å²) in [4.78, 5) is 18.3. The highest BCUT2D eigenvalue weighted by Crippen LogP contribution is 2.43. The number of nitrogens with one attached hydrogen (secondary N) is 1. The van der Waals surface area contributed by atoms with Crippen LogP contribution in [-0.4, -0.2) is 15.8 Å². The minimum Gasteiger partial charge on any atom is -0.346 e. The Hall–Kier alpha value is -2.15. The zero-order valence-electron chi connectivity index (χ0n) is 8.53. The molecule has 4 nitrogen and oxygen atoms in total. The molecular formula is C12H9N3O. The minimum absolute atomic E-state index is 0.153. The van der Waals surface area contributed by atoms with Gasteiger partial charge in [0.05, 0.1) is 11.5 Å². The molecule has 0 unspecified atom stereocenters. The van der Waals surface area contributed by atoms with Gasteiger partial charge in [-0.3, -0.25) is 4.79 Å². The van der Waals surface area contributed by atoms with E-state index in [0.29, 0.717) is 12.8 Å². The van der Waals surface area contributed by atoms with Gasteiger partial charge in [0.2, 0.25) is 0 Å². The average molecular weight is 211 g/mol. The molecule has 3 rings (SSSR count). The summed E-state index contributed by atoms with van der Waals surface area (Å²) in [6, 6.07) is 6.04. The van der Waals surface area contributed by atoms with Crippen LogP contribution in [0.4, 0.5) is 0 Å². The fraction of sp³-hybridized carbons (Fsp3) is 0.250. The van der Waals surface area contributed by atoms with E-state index in [1.54, 1.807) is 12.4 Å². The SMILES string of the molecule is N#CC1(c2c[nH]c3ncccc23)CC(=O)C1. The molecule has 78 valence electrons. The first-order valence-electron chi connectivity index (χ1n) is 5.11. The van der Waals surface area contributed by atoms with E-state index >= 15 is 0 Å². The molecule has 1 N–H and O–H groups in total. The molecule has 0 spiro atoms. The number of carbonyl (C=O) groups is 1. The van der Waals surface area contributed by atoms with Gasteiger partial charge in [-0.1, -0.05) is 0 Å². The number of aromatic amines is 1. The molecule has 0 atom stereocenters. The standard InChI is InChI=1S/C12H9N3O/c13-7-12(4-8(16)5-12)10-6-15-11-9(10)2-1-3-14-11/h1-3,6H,4-5H2,(H,14,15). The van der Waals surface area contributed by atoms with E-state index in [4.69, 9.17) is 0 Å². The van der Waals surface area contributed by atoms with Gasteiger partial charge in [0.25, 0.3) is 0 Å². The van der Waals surface area contributed by atoms with Crippen molar-refractivity contribution in [3.63, 3.8) is 0 Å². The number of carbonyl (C=O) groups excluding carboxylic acids is 1. The second-order valence-electron chi connectivity index (χ2n) is 4.19. The van der Waals surface area contributed by atoms with E-state index in [1.165, 1.54) is 0 Å². The number of aromatic nitrogens is 2. The molecule has 2 aromatic rings. The first-order valence-corrected chi connectivity index (χ1v) is 5.11. The van der Waals surface area contributed by atoms with Crippen molar-refractivity contribution in [2.75, 3.05) is 0 Å². The van der Waals surface area contributed by atoms with Crippen LogP contribution < -0.4 is 0 Å². The van der Waals surface area contributed by atoms with E-state index in [9.17, 15) is 10.1 Å². The third-order valence-electron chi connectivity index (χ3n) is 3.18. The Bertz CT molecular complexity index is 612. The first kappa shape index (κ1) is 9.10. The Morgan fingerprint density at radius 3 is 3.00 bits per heavy atom. The number of Topliss-reactive ketones (excluding diaryl/α,β-unsaturated/α-hetero) is 1. The van der Waals surface area contributed by atoms with E-state index < -0.39 is 5.41 Å². The topological polar surface area (TPSA) is 69.5 Å². The molecule has 1 aliphatic rings. The van der Waals surface area contributed by atoms with Gasteiger partial charge in [-0.2, -0.15) is 5.26 Å². The number of nitrogens with zero attached hydrogens (tertiary/aromatic N) is 2. The monoisotopic (exact) mass is 211 g/mol. The molecule has 2 aromatic heterocycles. The lowest BCUT2D eigenvalue weighted by Crippen LogP contribution is -2.40. The summed E-state index contributed by atoms with van der Waals surface area (Å²) in [6.07, 6.45) is 4.15. The van der Waals surface area contributed by atoms with Crippen LogP contribution in [0.15, 0.2) is 24.5 Å². The summed E-state index contributed by atoms with van der Waals surface area (Å²) < 4.78 is 0. The molecule has 1 fully saturated rings. The van der Waals surface area contributed by atoms with Crippen LogP contribution in [0.2, 0.25) is 0 Å². The summed E-state index contributed by atoms with van der Waals surface area (Å²) in [7, 11) is 0. The van der Waals surface area contributed by atoms with Crippen LogP contribution in [0, 0.1) is 11.3 Å². The van der Waals surface area contributed by atoms with E-state index in [0.717, 1.165) is 16.6 Å². The van der Waals surface area contributed by atoms with E-state index in [2.05, 4.69) is 16.0 Å². The van der Waals surface area contributed by atoms with Crippen LogP contribution in [0.3, 0.4) is 0 Å². The molecule has 0 saturated heterocycles. The van der Waals surface area contributed by atoms with Crippen molar-refractivity contribution in [3.05, 3.63) is 30.1 Å². The molecule has 4 heteroatoms. The predicted octanol–water partition coefficient (Wildman–Crippen LogP) is 1.69. The molecule has 0 amide bonds. The molecule has 0 aliphatic heterocycles. The fourth-order valence-electron chi connectivity index (χ4n) is 2.30. The van der Waals surface area contributed by atoms with Crippen molar-refractivity contribution in [3.8, 4) is 6.07 Å². The fourth-order valence-corrected chi connectivity index (χ4v) is 2.30. The van der Waals surface area contributed by atoms with Crippen LogP contribution in [-0.2, 0) is 10.2 Å². The van der Waals surface area contributed by atoms with Crippen LogP contribution in [0.5, 0.6) is 0 Å². The molecule has 16 heavy (non-hydrogen) atoms. The summed E-state index contributed by atoms with van der Waals surface area (Å²) in [6.45, 7) is 0. The maximum atomic E-state index is 11.1. The second kappa shape index (κ2) is 2.92. The highest BCUT2D eigenvalue weighted by Gasteiger charge is 2.46. The zero-order chi connectivity index (χ0) is 11.2. The first-order chi connectivity index (χ1) is 7.75. The number of hydrogen-bond donors (Lipinski definition) is 1. The lowest BCUT2D eigenvalue weighted by Gasteiger charge is -2.33. The lowest BCUT2D eigenvalue weighted by atomic mass is 9.65. The third-order valence-corrected chi connectivity index (χ3v) is 3.18. The Morgan fingerprint density at radius 1 is 1.50 bits per heavy atom. The molecule has 2 heterocycles. The largest absolute Gasteiger partial charge is 0.346 e. The number of rotatable bonds is 1. The van der Waals surface area contributed by atoms with Gasteiger partial charge in [0.15, 0.2) is 0 Å². The van der Waals surface area contributed by atoms with E-state index in [-0.39, 0.29) is 5.78 Å². The van der Waals surface area contributed by atoms with Crippen LogP contribution in [0.25, 0.3) is 11.0 Å². The maximum Gasteiger partial charge on any atom is 0.137 e. The zero-order valence-corrected chi connectivity index (χ0v) is 8.53. The molecule has 0 bridgehead atoms. The van der Waals surface area contributed by atoms with Crippen LogP contribution >= 0.6 is 0 Å². The van der Waals surface area contributed by atoms with Crippen LogP contribution in [0.1, 0.15) is 18.4 Å². The number of nitriles is 1. The molecule has 1 saturated carbocycles. The van der Waals surface area contributed by atoms with Gasteiger partial charge >= 0.3 is 0 Å². The maximum absolute atomic E-state index is 11.1. The third kappa shape index (κ3) is 1.03. The van der Waals surface area contributed by atoms with Gasteiger partial charge < -0.3 is 4.98 Å². The van der Waals surface area contributed by atoms with Gasteiger partial charge in [0, 0.05) is 36.2 Å². The van der Waals surface area contributed by atoms with Crippen molar-refractivity contribution in [1.82, 2.24) is 9.97 Å². The van der Waals surface area contributed by atoms with Gasteiger partial charge in [-0.05, 0) is 12.1 Å². The van der Waals surface area contributed by atoms with Crippen molar-refractivity contribution in [1.29, 1.82) is 5.26 Å². The highest BCUT2D eigenvalue weighted by molar-refractivity contribution is 5.93. The van der Waals surface area contributed by atoms with Crippen molar-refractivity contribution < 1.29 is 4.79 Å². The van der Waals surface area contributed by atoms with Gasteiger partial charge in [0.1, 0.15) is 11.4 Å². The molecule has 0 aromatic carbocycles. The molecule has 0 radical (unpaired) electrons. The summed E-state index contributed by atoms with van der Waals surface area (Å²) >= 11 is 0. The normalized spacial score (nSPS) is 18.1. The summed E-state index contributed by atoms with van der Waals surface area (Å²) in [5.74, 6) is 0.153.